The monoisotopic (exact) mass is 425 g/mol. The molecule has 0 radical (unpaired) electrons. The second kappa shape index (κ2) is 9.21. The molecule has 1 amide bonds. The molecule has 0 aliphatic carbocycles. The van der Waals surface area contributed by atoms with E-state index in [-0.39, 0.29) is 12.5 Å². The molecule has 3 aromatic rings. The van der Waals surface area contributed by atoms with Gasteiger partial charge in [-0.3, -0.25) is 4.79 Å². The van der Waals surface area contributed by atoms with Gasteiger partial charge < -0.3 is 15.9 Å². The van der Waals surface area contributed by atoms with Gasteiger partial charge in [-0.1, -0.05) is 47.7 Å². The summed E-state index contributed by atoms with van der Waals surface area (Å²) in [4.78, 5) is 12.7. The largest absolute Gasteiger partial charge is 0.485 e. The quantitative estimate of drug-likeness (QED) is 0.440. The molecule has 3 rings (SSSR count). The number of aryl methyl sites for hydroxylation is 4. The van der Waals surface area contributed by atoms with Crippen molar-refractivity contribution in [2.24, 2.45) is 0 Å². The van der Waals surface area contributed by atoms with Gasteiger partial charge in [-0.25, -0.2) is 4.68 Å². The van der Waals surface area contributed by atoms with Crippen molar-refractivity contribution in [2.75, 3.05) is 11.2 Å². The maximum atomic E-state index is 12.7. The van der Waals surface area contributed by atoms with Crippen molar-refractivity contribution in [1.82, 2.24) is 14.9 Å². The number of anilines is 1. The van der Waals surface area contributed by atoms with Crippen LogP contribution in [-0.2, 0) is 11.4 Å². The minimum Gasteiger partial charge on any atom is -0.485 e. The molecule has 0 aliphatic heterocycles. The standard InChI is InChI=1S/C22H27N5O2S/c1-13-9-10-18(16(4)11-13)29-12-19-25-26-22(27(19)23)30-17(5)21(28)24-20-14(2)7-6-8-15(20)3/h6-11,17H,12,23H2,1-5H3,(H,24,28)/t17-/m1/s1. The molecule has 0 aliphatic rings. The van der Waals surface area contributed by atoms with Gasteiger partial charge in [0, 0.05) is 5.69 Å². The number of carbonyl (C=O) groups is 1. The van der Waals surface area contributed by atoms with E-state index < -0.39 is 5.25 Å². The number of rotatable bonds is 7. The summed E-state index contributed by atoms with van der Waals surface area (Å²) in [6.45, 7) is 9.98. The summed E-state index contributed by atoms with van der Waals surface area (Å²) in [5, 5.41) is 11.3. The van der Waals surface area contributed by atoms with Gasteiger partial charge >= 0.3 is 0 Å². The van der Waals surface area contributed by atoms with E-state index in [1.54, 1.807) is 0 Å². The number of thioether (sulfide) groups is 1. The van der Waals surface area contributed by atoms with Gasteiger partial charge in [-0.2, -0.15) is 0 Å². The average Bonchev–Trinajstić information content (AvgIpc) is 3.03. The van der Waals surface area contributed by atoms with Crippen molar-refractivity contribution in [3.8, 4) is 5.75 Å². The zero-order valence-electron chi connectivity index (χ0n) is 17.9. The second-order valence-electron chi connectivity index (χ2n) is 7.34. The van der Waals surface area contributed by atoms with Crippen LogP contribution in [0.1, 0.15) is 35.0 Å². The zero-order chi connectivity index (χ0) is 21.8. The first-order valence-corrected chi connectivity index (χ1v) is 10.6. The second-order valence-corrected chi connectivity index (χ2v) is 8.65. The smallest absolute Gasteiger partial charge is 0.237 e. The highest BCUT2D eigenvalue weighted by atomic mass is 32.2. The number of benzene rings is 2. The summed E-state index contributed by atoms with van der Waals surface area (Å²) in [5.41, 5.74) is 5.10. The first-order chi connectivity index (χ1) is 14.3. The molecular weight excluding hydrogens is 398 g/mol. The summed E-state index contributed by atoms with van der Waals surface area (Å²) in [7, 11) is 0. The number of nitrogens with zero attached hydrogens (tertiary/aromatic N) is 3. The minimum atomic E-state index is -0.399. The average molecular weight is 426 g/mol. The molecule has 0 fully saturated rings. The van der Waals surface area contributed by atoms with Crippen LogP contribution in [0.4, 0.5) is 5.69 Å². The van der Waals surface area contributed by atoms with Crippen molar-refractivity contribution in [3.05, 3.63) is 64.5 Å². The SMILES string of the molecule is Cc1ccc(OCc2nnc(S[C@H](C)C(=O)Nc3c(C)cccc3C)n2N)c(C)c1. The number of carbonyl (C=O) groups excluding carboxylic acids is 1. The summed E-state index contributed by atoms with van der Waals surface area (Å²) >= 11 is 1.25. The predicted molar refractivity (Wildman–Crippen MR) is 120 cm³/mol. The summed E-state index contributed by atoms with van der Waals surface area (Å²) in [6.07, 6.45) is 0. The molecule has 8 heteroatoms. The number of nitrogens with two attached hydrogens (primary N) is 1. The molecule has 3 N–H and O–H groups in total. The van der Waals surface area contributed by atoms with Gasteiger partial charge in [0.05, 0.1) is 5.25 Å². The van der Waals surface area contributed by atoms with E-state index in [0.717, 1.165) is 28.1 Å². The van der Waals surface area contributed by atoms with Crippen molar-refractivity contribution in [2.45, 2.75) is 51.6 Å². The molecule has 1 heterocycles. The van der Waals surface area contributed by atoms with Crippen LogP contribution in [-0.4, -0.2) is 26.0 Å². The lowest BCUT2D eigenvalue weighted by Crippen LogP contribution is -2.24. The van der Waals surface area contributed by atoms with E-state index in [1.165, 1.54) is 22.0 Å². The maximum absolute atomic E-state index is 12.7. The number of amides is 1. The Morgan fingerprint density at radius 2 is 1.83 bits per heavy atom. The zero-order valence-corrected chi connectivity index (χ0v) is 18.7. The molecule has 158 valence electrons. The predicted octanol–water partition coefficient (Wildman–Crippen LogP) is 3.92. The molecule has 0 unspecified atom stereocenters. The summed E-state index contributed by atoms with van der Waals surface area (Å²) < 4.78 is 7.21. The van der Waals surface area contributed by atoms with Crippen molar-refractivity contribution >= 4 is 23.4 Å². The van der Waals surface area contributed by atoms with E-state index in [1.807, 2.05) is 65.0 Å². The fraction of sp³-hybridized carbons (Fsp3) is 0.318. The van der Waals surface area contributed by atoms with Gasteiger partial charge in [0.1, 0.15) is 12.4 Å². The molecule has 0 bridgehead atoms. The Morgan fingerprint density at radius 3 is 2.50 bits per heavy atom. The number of ether oxygens (including phenoxy) is 1. The first kappa shape index (κ1) is 21.7. The fourth-order valence-electron chi connectivity index (χ4n) is 3.04. The van der Waals surface area contributed by atoms with Crippen molar-refractivity contribution in [1.29, 1.82) is 0 Å². The highest BCUT2D eigenvalue weighted by Gasteiger charge is 2.20. The third-order valence-electron chi connectivity index (χ3n) is 4.80. The van der Waals surface area contributed by atoms with Gasteiger partial charge in [0.25, 0.3) is 0 Å². The number of hydrogen-bond donors (Lipinski definition) is 2. The third kappa shape index (κ3) is 4.94. The fourth-order valence-corrected chi connectivity index (χ4v) is 3.83. The van der Waals surface area contributed by atoms with E-state index in [2.05, 4.69) is 21.6 Å². The molecule has 0 saturated carbocycles. The molecule has 1 atom stereocenters. The Hall–Kier alpha value is -3.00. The lowest BCUT2D eigenvalue weighted by molar-refractivity contribution is -0.115. The third-order valence-corrected chi connectivity index (χ3v) is 5.86. The molecule has 2 aromatic carbocycles. The van der Waals surface area contributed by atoms with Crippen LogP contribution in [0.25, 0.3) is 0 Å². The Balaban J connectivity index is 1.63. The summed E-state index contributed by atoms with van der Waals surface area (Å²) in [5.74, 6) is 7.28. The van der Waals surface area contributed by atoms with Crippen LogP contribution in [0.15, 0.2) is 41.6 Å². The number of nitrogen functional groups attached to an aromatic ring is 1. The van der Waals surface area contributed by atoms with Crippen LogP contribution >= 0.6 is 11.8 Å². The van der Waals surface area contributed by atoms with E-state index >= 15 is 0 Å². The number of nitrogens with one attached hydrogen (secondary N) is 1. The minimum absolute atomic E-state index is 0.117. The Kier molecular flexibility index (Phi) is 6.66. The molecule has 0 spiro atoms. The molecular formula is C22H27N5O2S. The lowest BCUT2D eigenvalue weighted by Gasteiger charge is -2.15. The van der Waals surface area contributed by atoms with Gasteiger partial charge in [0.15, 0.2) is 5.82 Å². The Bertz CT molecular complexity index is 1040. The molecule has 30 heavy (non-hydrogen) atoms. The topological polar surface area (TPSA) is 95.1 Å². The Morgan fingerprint density at radius 1 is 1.13 bits per heavy atom. The van der Waals surface area contributed by atoms with E-state index in [4.69, 9.17) is 10.6 Å². The molecule has 1 aromatic heterocycles. The maximum Gasteiger partial charge on any atom is 0.237 e. The Labute approximate surface area is 181 Å². The highest BCUT2D eigenvalue weighted by Crippen LogP contribution is 2.25. The van der Waals surface area contributed by atoms with Crippen LogP contribution in [0.5, 0.6) is 5.75 Å². The van der Waals surface area contributed by atoms with Crippen LogP contribution in [0.2, 0.25) is 0 Å². The lowest BCUT2D eigenvalue weighted by atomic mass is 10.1. The molecule has 0 saturated heterocycles. The summed E-state index contributed by atoms with van der Waals surface area (Å²) in [6, 6.07) is 11.9. The number of aromatic nitrogens is 3. The number of para-hydroxylation sites is 1. The number of hydrogen-bond acceptors (Lipinski definition) is 6. The first-order valence-electron chi connectivity index (χ1n) is 9.69. The van der Waals surface area contributed by atoms with Gasteiger partial charge in [-0.05, 0) is 57.4 Å². The highest BCUT2D eigenvalue weighted by molar-refractivity contribution is 8.00. The van der Waals surface area contributed by atoms with Crippen LogP contribution < -0.4 is 15.9 Å². The van der Waals surface area contributed by atoms with Crippen LogP contribution in [0.3, 0.4) is 0 Å². The molecule has 7 nitrogen and oxygen atoms in total. The normalized spacial score (nSPS) is 11.9. The van der Waals surface area contributed by atoms with E-state index in [9.17, 15) is 4.79 Å². The van der Waals surface area contributed by atoms with Gasteiger partial charge in [-0.15, -0.1) is 10.2 Å². The van der Waals surface area contributed by atoms with Crippen molar-refractivity contribution in [3.63, 3.8) is 0 Å². The van der Waals surface area contributed by atoms with Crippen molar-refractivity contribution < 1.29 is 9.53 Å². The van der Waals surface area contributed by atoms with Gasteiger partial charge in [0.2, 0.25) is 11.1 Å². The van der Waals surface area contributed by atoms with Crippen LogP contribution in [0, 0.1) is 27.7 Å². The van der Waals surface area contributed by atoms with E-state index in [0.29, 0.717) is 11.0 Å².